The number of aromatic nitrogens is 1. The minimum atomic E-state index is 0.217. The fourth-order valence-corrected chi connectivity index (χ4v) is 2.30. The second-order valence-corrected chi connectivity index (χ2v) is 3.98. The lowest BCUT2D eigenvalue weighted by Gasteiger charge is -2.08. The van der Waals surface area contributed by atoms with Crippen molar-refractivity contribution in [3.8, 4) is 5.75 Å². The third-order valence-corrected chi connectivity index (χ3v) is 3.07. The Balaban J connectivity index is 2.46. The summed E-state index contributed by atoms with van der Waals surface area (Å²) in [6, 6.07) is 5.36. The maximum Gasteiger partial charge on any atom is 0.141 e. The van der Waals surface area contributed by atoms with Crippen molar-refractivity contribution in [1.29, 1.82) is 0 Å². The third kappa shape index (κ3) is 1.09. The zero-order chi connectivity index (χ0) is 10.4. The van der Waals surface area contributed by atoms with E-state index in [-0.39, 0.29) is 5.75 Å². The number of nitrogens with zero attached hydrogens (tertiary/aromatic N) is 1. The van der Waals surface area contributed by atoms with Crippen molar-refractivity contribution in [2.24, 2.45) is 0 Å². The summed E-state index contributed by atoms with van der Waals surface area (Å²) in [4.78, 5) is 4.49. The topological polar surface area (TPSA) is 59.1 Å². The highest BCUT2D eigenvalue weighted by Crippen LogP contribution is 2.34. The van der Waals surface area contributed by atoms with Gasteiger partial charge in [-0.2, -0.15) is 0 Å². The molecule has 0 amide bonds. The van der Waals surface area contributed by atoms with Crippen LogP contribution in [0.25, 0.3) is 10.9 Å². The number of aryl methyl sites for hydroxylation is 1. The molecular formula is C12H12N2O. The van der Waals surface area contributed by atoms with Crippen LogP contribution in [0.15, 0.2) is 18.2 Å². The van der Waals surface area contributed by atoms with Gasteiger partial charge >= 0.3 is 0 Å². The van der Waals surface area contributed by atoms with Crippen molar-refractivity contribution >= 4 is 16.6 Å². The summed E-state index contributed by atoms with van der Waals surface area (Å²) < 4.78 is 0. The van der Waals surface area contributed by atoms with Crippen LogP contribution < -0.4 is 5.73 Å². The standard InChI is InChI=1S/C12H12N2O/c13-11-7-3-1-5-9(7)14-12-8(11)4-2-6-10(12)15/h2,4,6,15H,1,3,5H2,(H2,13,14). The lowest BCUT2D eigenvalue weighted by Crippen LogP contribution is -1.98. The molecule has 0 atom stereocenters. The van der Waals surface area contributed by atoms with E-state index >= 15 is 0 Å². The third-order valence-electron chi connectivity index (χ3n) is 3.07. The lowest BCUT2D eigenvalue weighted by atomic mass is 10.1. The number of aromatic hydroxyl groups is 1. The summed E-state index contributed by atoms with van der Waals surface area (Å²) in [6.45, 7) is 0. The van der Waals surface area contributed by atoms with Gasteiger partial charge in [0.05, 0.1) is 0 Å². The Bertz CT molecular complexity index is 549. The minimum absolute atomic E-state index is 0.217. The number of anilines is 1. The highest BCUT2D eigenvalue weighted by molar-refractivity contribution is 5.95. The molecule has 76 valence electrons. The normalized spacial score (nSPS) is 14.4. The molecule has 0 aliphatic heterocycles. The largest absolute Gasteiger partial charge is 0.506 e. The summed E-state index contributed by atoms with van der Waals surface area (Å²) in [5.74, 6) is 0.217. The van der Waals surface area contributed by atoms with Crippen LogP contribution in [0.1, 0.15) is 17.7 Å². The molecule has 0 saturated heterocycles. The summed E-state index contributed by atoms with van der Waals surface area (Å²) in [7, 11) is 0. The fraction of sp³-hybridized carbons (Fsp3) is 0.250. The maximum atomic E-state index is 9.71. The predicted octanol–water partition coefficient (Wildman–Crippen LogP) is 2.01. The number of nitrogens with two attached hydrogens (primary N) is 1. The van der Waals surface area contributed by atoms with E-state index in [9.17, 15) is 5.11 Å². The van der Waals surface area contributed by atoms with Crippen molar-refractivity contribution in [2.45, 2.75) is 19.3 Å². The van der Waals surface area contributed by atoms with Crippen LogP contribution >= 0.6 is 0 Å². The number of fused-ring (bicyclic) bond motifs is 2. The van der Waals surface area contributed by atoms with E-state index in [2.05, 4.69) is 4.98 Å². The smallest absolute Gasteiger partial charge is 0.141 e. The van der Waals surface area contributed by atoms with Gasteiger partial charge in [0, 0.05) is 16.8 Å². The lowest BCUT2D eigenvalue weighted by molar-refractivity contribution is 0.480. The quantitative estimate of drug-likeness (QED) is 0.684. The van der Waals surface area contributed by atoms with Gasteiger partial charge in [-0.1, -0.05) is 12.1 Å². The fourth-order valence-electron chi connectivity index (χ4n) is 2.30. The molecule has 1 heterocycles. The van der Waals surface area contributed by atoms with E-state index in [0.29, 0.717) is 5.52 Å². The minimum Gasteiger partial charge on any atom is -0.506 e. The van der Waals surface area contributed by atoms with E-state index in [1.54, 1.807) is 12.1 Å². The molecule has 0 radical (unpaired) electrons. The van der Waals surface area contributed by atoms with Crippen molar-refractivity contribution in [3.05, 3.63) is 29.5 Å². The van der Waals surface area contributed by atoms with Crippen molar-refractivity contribution in [3.63, 3.8) is 0 Å². The number of para-hydroxylation sites is 1. The Morgan fingerprint density at radius 1 is 1.27 bits per heavy atom. The maximum absolute atomic E-state index is 9.71. The Kier molecular flexibility index (Phi) is 1.63. The van der Waals surface area contributed by atoms with Gasteiger partial charge in [-0.3, -0.25) is 0 Å². The summed E-state index contributed by atoms with van der Waals surface area (Å²) in [6.07, 6.45) is 3.10. The van der Waals surface area contributed by atoms with Gasteiger partial charge in [-0.25, -0.2) is 4.98 Å². The van der Waals surface area contributed by atoms with Crippen LogP contribution in [0, 0.1) is 0 Å². The van der Waals surface area contributed by atoms with Crippen LogP contribution in [0.3, 0.4) is 0 Å². The first-order valence-electron chi connectivity index (χ1n) is 5.16. The molecule has 1 aliphatic carbocycles. The molecule has 1 aliphatic rings. The van der Waals surface area contributed by atoms with Crippen LogP contribution in [0.5, 0.6) is 5.75 Å². The van der Waals surface area contributed by atoms with Gasteiger partial charge in [-0.05, 0) is 30.9 Å². The van der Waals surface area contributed by atoms with E-state index < -0.39 is 0 Å². The summed E-state index contributed by atoms with van der Waals surface area (Å²) in [5.41, 5.74) is 9.75. The highest BCUT2D eigenvalue weighted by Gasteiger charge is 2.18. The zero-order valence-corrected chi connectivity index (χ0v) is 8.33. The number of nitrogen functional groups attached to an aromatic ring is 1. The second kappa shape index (κ2) is 2.86. The van der Waals surface area contributed by atoms with Gasteiger partial charge < -0.3 is 10.8 Å². The van der Waals surface area contributed by atoms with E-state index in [0.717, 1.165) is 36.0 Å². The van der Waals surface area contributed by atoms with Crippen molar-refractivity contribution < 1.29 is 5.11 Å². The molecule has 0 spiro atoms. The van der Waals surface area contributed by atoms with Crippen molar-refractivity contribution in [1.82, 2.24) is 4.98 Å². The first kappa shape index (κ1) is 8.53. The van der Waals surface area contributed by atoms with Crippen LogP contribution in [0.2, 0.25) is 0 Å². The van der Waals surface area contributed by atoms with Crippen LogP contribution in [-0.4, -0.2) is 10.1 Å². The van der Waals surface area contributed by atoms with E-state index in [4.69, 9.17) is 5.73 Å². The van der Waals surface area contributed by atoms with Gasteiger partial charge in [0.25, 0.3) is 0 Å². The predicted molar refractivity (Wildman–Crippen MR) is 59.8 cm³/mol. The first-order valence-corrected chi connectivity index (χ1v) is 5.16. The molecule has 0 bridgehead atoms. The Hall–Kier alpha value is -1.77. The van der Waals surface area contributed by atoms with Crippen LogP contribution in [-0.2, 0) is 12.8 Å². The highest BCUT2D eigenvalue weighted by atomic mass is 16.3. The Labute approximate surface area is 87.6 Å². The van der Waals surface area contributed by atoms with Crippen molar-refractivity contribution in [2.75, 3.05) is 5.73 Å². The summed E-state index contributed by atoms with van der Waals surface area (Å²) in [5, 5.41) is 10.6. The molecule has 2 aromatic rings. The molecule has 3 rings (SSSR count). The number of rotatable bonds is 0. The molecular weight excluding hydrogens is 188 g/mol. The second-order valence-electron chi connectivity index (χ2n) is 3.98. The Morgan fingerprint density at radius 3 is 3.00 bits per heavy atom. The van der Waals surface area contributed by atoms with Gasteiger partial charge in [0.2, 0.25) is 0 Å². The Morgan fingerprint density at radius 2 is 2.13 bits per heavy atom. The molecule has 3 heteroatoms. The zero-order valence-electron chi connectivity index (χ0n) is 8.33. The monoisotopic (exact) mass is 200 g/mol. The number of pyridine rings is 1. The first-order chi connectivity index (χ1) is 7.27. The van der Waals surface area contributed by atoms with Gasteiger partial charge in [0.15, 0.2) is 0 Å². The number of hydrogen-bond acceptors (Lipinski definition) is 3. The SMILES string of the molecule is Nc1c2c(nc3c(O)cccc13)CCC2. The van der Waals surface area contributed by atoms with Crippen LogP contribution in [0.4, 0.5) is 5.69 Å². The molecule has 0 unspecified atom stereocenters. The van der Waals surface area contributed by atoms with E-state index in [1.807, 2.05) is 6.07 Å². The molecule has 15 heavy (non-hydrogen) atoms. The molecule has 0 fully saturated rings. The number of phenols is 1. The average Bonchev–Trinajstić information content (AvgIpc) is 2.68. The molecule has 3 nitrogen and oxygen atoms in total. The van der Waals surface area contributed by atoms with E-state index in [1.165, 1.54) is 5.56 Å². The van der Waals surface area contributed by atoms with Gasteiger partial charge in [-0.15, -0.1) is 0 Å². The number of phenolic OH excluding ortho intramolecular Hbond substituents is 1. The number of benzene rings is 1. The molecule has 0 saturated carbocycles. The molecule has 1 aromatic heterocycles. The molecule has 1 aromatic carbocycles. The average molecular weight is 200 g/mol. The summed E-state index contributed by atoms with van der Waals surface area (Å²) >= 11 is 0. The number of hydrogen-bond donors (Lipinski definition) is 2. The molecule has 3 N–H and O–H groups in total. The van der Waals surface area contributed by atoms with Gasteiger partial charge in [0.1, 0.15) is 11.3 Å².